The fourth-order valence-corrected chi connectivity index (χ4v) is 8.85. The molecule has 0 atom stereocenters. The van der Waals surface area contributed by atoms with Gasteiger partial charge in [0.1, 0.15) is 51.7 Å². The van der Waals surface area contributed by atoms with Crippen molar-refractivity contribution < 1.29 is 42.6 Å². The van der Waals surface area contributed by atoms with Crippen molar-refractivity contribution in [3.05, 3.63) is 176 Å². The van der Waals surface area contributed by atoms with E-state index in [0.29, 0.717) is 74.1 Å². The van der Waals surface area contributed by atoms with E-state index in [1.807, 2.05) is 84.9 Å². The van der Waals surface area contributed by atoms with Crippen LogP contribution in [-0.2, 0) is 0 Å². The Bertz CT molecular complexity index is 3340. The van der Waals surface area contributed by atoms with Crippen LogP contribution in [0.5, 0.6) is 51.7 Å². The molecular weight excluding hydrogens is 851 g/mol. The van der Waals surface area contributed by atoms with Gasteiger partial charge in [0.15, 0.2) is 0 Å². The number of methoxy groups -OCH3 is 9. The molecule has 4 aromatic carbocycles. The largest absolute Gasteiger partial charge is 0.496 e. The maximum atomic E-state index is 6.26. The Morgan fingerprint density at radius 2 is 0.567 bits per heavy atom. The van der Waals surface area contributed by atoms with Gasteiger partial charge in [0.05, 0.1) is 80.7 Å². The molecule has 0 amide bonds. The van der Waals surface area contributed by atoms with E-state index >= 15 is 0 Å². The van der Waals surface area contributed by atoms with Crippen molar-refractivity contribution in [1.29, 1.82) is 0 Å². The average molecular weight is 902 g/mol. The Kier molecular flexibility index (Phi) is 11.9. The molecule has 0 radical (unpaired) electrons. The van der Waals surface area contributed by atoms with Gasteiger partial charge in [-0.25, -0.2) is 0 Å². The van der Waals surface area contributed by atoms with Gasteiger partial charge in [-0.3, -0.25) is 0 Å². The molecule has 6 N–H and O–H groups in total. The summed E-state index contributed by atoms with van der Waals surface area (Å²) >= 11 is 0. The van der Waals surface area contributed by atoms with Crippen LogP contribution in [0.4, 0.5) is 5.69 Å². The molecule has 0 fully saturated rings. The molecule has 8 aromatic rings. The molecule has 14 nitrogen and oxygen atoms in total. The molecule has 342 valence electrons. The lowest BCUT2D eigenvalue weighted by molar-refractivity contribution is 0.373. The predicted octanol–water partition coefficient (Wildman–Crippen LogP) is 5.96. The number of aromatic amines is 4. The number of fused-ring (bicyclic) bond motifs is 8. The first-order valence-electron chi connectivity index (χ1n) is 21.2. The zero-order chi connectivity index (χ0) is 46.9. The molecule has 0 aliphatic carbocycles. The number of nitrogens with two attached hydrogens (primary N) is 1. The van der Waals surface area contributed by atoms with Crippen LogP contribution >= 0.6 is 0 Å². The summed E-state index contributed by atoms with van der Waals surface area (Å²) in [6, 6.07) is 35.2. The van der Waals surface area contributed by atoms with Crippen LogP contribution in [0.15, 0.2) is 109 Å². The number of nitrogens with one attached hydrogen (secondary N) is 4. The highest BCUT2D eigenvalue weighted by molar-refractivity contribution is 5.90. The van der Waals surface area contributed by atoms with Crippen molar-refractivity contribution in [2.45, 2.75) is 0 Å². The number of ether oxygens (including phenoxy) is 9. The smallest absolute Gasteiger partial charge is 0.134 e. The number of benzene rings is 4. The molecule has 0 spiro atoms. The van der Waals surface area contributed by atoms with Crippen LogP contribution in [0, 0.1) is 0 Å². The van der Waals surface area contributed by atoms with E-state index < -0.39 is 0 Å². The fourth-order valence-electron chi connectivity index (χ4n) is 8.85. The molecule has 1 aliphatic rings. The molecule has 8 bridgehead atoms. The third-order valence-corrected chi connectivity index (χ3v) is 12.0. The summed E-state index contributed by atoms with van der Waals surface area (Å²) in [6.07, 6.45) is 0. The van der Waals surface area contributed by atoms with E-state index in [4.69, 9.17) is 48.4 Å². The second-order valence-corrected chi connectivity index (χ2v) is 15.5. The summed E-state index contributed by atoms with van der Waals surface area (Å²) in [5.74, 6) is 4.90. The number of nitrogen functional groups attached to an aromatic ring is 1. The first-order chi connectivity index (χ1) is 32.7. The molecule has 67 heavy (non-hydrogen) atoms. The Morgan fingerprint density at radius 3 is 0.836 bits per heavy atom. The summed E-state index contributed by atoms with van der Waals surface area (Å²) in [6.45, 7) is 0. The standard InChI is InChI=1S/C53H51N5O9/c1-59-30-22-41(62-4)51(42(23-30)63-5)48-35-16-14-33(55-35)47(28-10-12-29(54)13-11-28)34-15-17-36(56-34)49(52-43(64-6)24-31(60-2)25-44(52)65-7)38-19-21-40(58-38)50(39-20-18-37(48)57-39)53-45(66-8)26-32(61-3)27-46(53)67-9/h10-27,55-58H,54H2,1-9H3. The van der Waals surface area contributed by atoms with Gasteiger partial charge >= 0.3 is 0 Å². The third-order valence-electron chi connectivity index (χ3n) is 12.0. The number of anilines is 1. The maximum absolute atomic E-state index is 6.26. The molecule has 4 aromatic heterocycles. The van der Waals surface area contributed by atoms with Gasteiger partial charge < -0.3 is 68.3 Å². The van der Waals surface area contributed by atoms with E-state index in [1.54, 1.807) is 64.0 Å². The highest BCUT2D eigenvalue weighted by Crippen LogP contribution is 2.44. The van der Waals surface area contributed by atoms with Gasteiger partial charge in [-0.1, -0.05) is 12.1 Å². The minimum absolute atomic E-state index is 0.520. The molecule has 0 saturated carbocycles. The molecule has 9 rings (SSSR count). The highest BCUT2D eigenvalue weighted by atomic mass is 16.5. The predicted molar refractivity (Wildman–Crippen MR) is 257 cm³/mol. The first kappa shape index (κ1) is 43.7. The van der Waals surface area contributed by atoms with Crippen molar-refractivity contribution in [2.24, 2.45) is 0 Å². The number of H-pyrrole nitrogens is 4. The second-order valence-electron chi connectivity index (χ2n) is 15.5. The lowest BCUT2D eigenvalue weighted by Crippen LogP contribution is -2.20. The minimum atomic E-state index is 0.520. The topological polar surface area (TPSA) is 172 Å². The maximum Gasteiger partial charge on any atom is 0.134 e. The van der Waals surface area contributed by atoms with Gasteiger partial charge in [-0.2, -0.15) is 0 Å². The summed E-state index contributed by atoms with van der Waals surface area (Å²) in [5.41, 5.74) is 16.1. The van der Waals surface area contributed by atoms with Crippen LogP contribution in [0.3, 0.4) is 0 Å². The van der Waals surface area contributed by atoms with E-state index in [2.05, 4.69) is 44.2 Å². The number of hydrogen-bond acceptors (Lipinski definition) is 10. The zero-order valence-corrected chi connectivity index (χ0v) is 38.6. The van der Waals surface area contributed by atoms with Crippen LogP contribution in [-0.4, -0.2) is 83.9 Å². The van der Waals surface area contributed by atoms with E-state index in [0.717, 1.165) is 72.0 Å². The summed E-state index contributed by atoms with van der Waals surface area (Å²) < 4.78 is 53.8. The van der Waals surface area contributed by atoms with Crippen molar-refractivity contribution in [3.63, 3.8) is 0 Å². The van der Waals surface area contributed by atoms with Crippen molar-refractivity contribution >= 4 is 28.0 Å². The Labute approximate surface area is 386 Å². The van der Waals surface area contributed by atoms with E-state index in [1.165, 1.54) is 0 Å². The van der Waals surface area contributed by atoms with Crippen molar-refractivity contribution in [1.82, 2.24) is 19.9 Å². The summed E-state index contributed by atoms with van der Waals surface area (Å²) in [7, 11) is 14.6. The number of hydrogen-bond donors (Lipinski definition) is 5. The second kappa shape index (κ2) is 18.2. The Hall–Kier alpha value is -8.52. The molecule has 14 heteroatoms. The van der Waals surface area contributed by atoms with Gasteiger partial charge in [0.2, 0.25) is 0 Å². The lowest BCUT2D eigenvalue weighted by Gasteiger charge is -2.18. The molecule has 5 heterocycles. The van der Waals surface area contributed by atoms with Crippen molar-refractivity contribution in [2.75, 3.05) is 69.7 Å². The highest BCUT2D eigenvalue weighted by Gasteiger charge is 2.27. The van der Waals surface area contributed by atoms with Gasteiger partial charge in [0, 0.05) is 109 Å². The van der Waals surface area contributed by atoms with Crippen LogP contribution < -0.4 is 69.8 Å². The monoisotopic (exact) mass is 901 g/mol. The minimum Gasteiger partial charge on any atom is -0.496 e. The molecular formula is C53H51N5O9. The molecule has 0 saturated heterocycles. The summed E-state index contributed by atoms with van der Waals surface area (Å²) in [4.78, 5) is 15.2. The lowest BCUT2D eigenvalue weighted by atomic mass is 9.99. The van der Waals surface area contributed by atoms with Crippen LogP contribution in [0.25, 0.3) is 22.3 Å². The molecule has 0 unspecified atom stereocenters. The Balaban J connectivity index is 1.50. The normalized spacial score (nSPS) is 12.2. The van der Waals surface area contributed by atoms with E-state index in [-0.39, 0.29) is 0 Å². The summed E-state index contributed by atoms with van der Waals surface area (Å²) in [5, 5.41) is 3.05. The first-order valence-corrected chi connectivity index (χ1v) is 21.2. The number of rotatable bonds is 13. The third kappa shape index (κ3) is 7.71. The van der Waals surface area contributed by atoms with Gasteiger partial charge in [-0.05, 0) is 66.2 Å². The average Bonchev–Trinajstić information content (AvgIpc) is 4.22. The van der Waals surface area contributed by atoms with E-state index in [9.17, 15) is 0 Å². The molecule has 1 aliphatic heterocycles. The number of aromatic nitrogens is 4. The van der Waals surface area contributed by atoms with Crippen molar-refractivity contribution in [3.8, 4) is 51.7 Å². The quantitative estimate of drug-likeness (QED) is 0.0870. The van der Waals surface area contributed by atoms with Crippen LogP contribution in [0.2, 0.25) is 0 Å². The zero-order valence-electron chi connectivity index (χ0n) is 38.6. The SMILES string of the molecule is COc1cc(OC)c(C2=c3ccc([nH]3)=C(c3ccc(N)cc3)c3ccc([nH]3)C(c3c(OC)cc(OC)cc3OC)=c3ccc([nH]3)=C(c3c(OC)cc(OC)cc3OC)c3ccc2[nH]3)c(OC)c1. The van der Waals surface area contributed by atoms with Crippen LogP contribution in [0.1, 0.15) is 45.0 Å². The van der Waals surface area contributed by atoms with Gasteiger partial charge in [-0.15, -0.1) is 0 Å². The Morgan fingerprint density at radius 1 is 0.299 bits per heavy atom. The fraction of sp³-hybridized carbons (Fsp3) is 0.170. The van der Waals surface area contributed by atoms with Gasteiger partial charge in [0.25, 0.3) is 0 Å².